The van der Waals surface area contributed by atoms with E-state index in [0.717, 1.165) is 0 Å². The lowest BCUT2D eigenvalue weighted by Gasteiger charge is -2.05. The van der Waals surface area contributed by atoms with E-state index < -0.39 is 12.7 Å². The van der Waals surface area contributed by atoms with Crippen LogP contribution < -0.4 is 10.1 Å². The number of alkyl halides is 3. The number of fused-ring (bicyclic) bond motifs is 1. The molecule has 0 spiro atoms. The first-order valence-electron chi connectivity index (χ1n) is 5.19. The number of para-hydroxylation sites is 1. The Morgan fingerprint density at radius 2 is 2.17 bits per heavy atom. The molecule has 7 heteroatoms. The van der Waals surface area contributed by atoms with Crippen molar-refractivity contribution in [3.8, 4) is 5.75 Å². The smallest absolute Gasteiger partial charge is 0.401 e. The average Bonchev–Trinajstić information content (AvgIpc) is 2.69. The van der Waals surface area contributed by atoms with Crippen molar-refractivity contribution in [1.82, 2.24) is 10.3 Å². The fraction of sp³-hybridized carbons (Fsp3) is 0.364. The van der Waals surface area contributed by atoms with Crippen LogP contribution in [0.15, 0.2) is 22.6 Å². The van der Waals surface area contributed by atoms with Crippen LogP contribution in [0.1, 0.15) is 5.89 Å². The molecule has 0 aliphatic rings. The SMILES string of the molecule is COc1cccc2oc(CNCC(F)(F)F)nc12. The first-order chi connectivity index (χ1) is 8.49. The molecule has 98 valence electrons. The van der Waals surface area contributed by atoms with Gasteiger partial charge in [0.1, 0.15) is 5.75 Å². The second-order valence-corrected chi connectivity index (χ2v) is 3.63. The molecule has 0 saturated carbocycles. The van der Waals surface area contributed by atoms with Crippen LogP contribution in [0.2, 0.25) is 0 Å². The number of halogens is 3. The predicted octanol–water partition coefficient (Wildman–Crippen LogP) is 2.49. The van der Waals surface area contributed by atoms with E-state index in [0.29, 0.717) is 16.8 Å². The lowest BCUT2D eigenvalue weighted by Crippen LogP contribution is -2.28. The molecule has 0 fully saturated rings. The molecule has 0 unspecified atom stereocenters. The second kappa shape index (κ2) is 4.85. The number of nitrogens with zero attached hydrogens (tertiary/aromatic N) is 1. The van der Waals surface area contributed by atoms with E-state index in [4.69, 9.17) is 9.15 Å². The number of ether oxygens (including phenoxy) is 1. The first kappa shape index (κ1) is 12.7. The number of hydrogen-bond donors (Lipinski definition) is 1. The van der Waals surface area contributed by atoms with E-state index >= 15 is 0 Å². The summed E-state index contributed by atoms with van der Waals surface area (Å²) in [6, 6.07) is 5.11. The summed E-state index contributed by atoms with van der Waals surface area (Å²) in [5.74, 6) is 0.720. The molecule has 0 aliphatic carbocycles. The Kier molecular flexibility index (Phi) is 3.42. The van der Waals surface area contributed by atoms with Crippen molar-refractivity contribution in [3.63, 3.8) is 0 Å². The first-order valence-corrected chi connectivity index (χ1v) is 5.19. The number of benzene rings is 1. The molecule has 0 amide bonds. The zero-order valence-corrected chi connectivity index (χ0v) is 9.54. The van der Waals surface area contributed by atoms with E-state index in [2.05, 4.69) is 10.3 Å². The van der Waals surface area contributed by atoms with Crippen LogP contribution in [-0.4, -0.2) is 24.8 Å². The highest BCUT2D eigenvalue weighted by atomic mass is 19.4. The summed E-state index contributed by atoms with van der Waals surface area (Å²) in [5.41, 5.74) is 0.988. The van der Waals surface area contributed by atoms with E-state index in [1.807, 2.05) is 0 Å². The molecule has 0 radical (unpaired) electrons. The van der Waals surface area contributed by atoms with Crippen molar-refractivity contribution in [2.45, 2.75) is 12.7 Å². The molecule has 2 aromatic rings. The van der Waals surface area contributed by atoms with Crippen molar-refractivity contribution in [2.24, 2.45) is 0 Å². The highest BCUT2D eigenvalue weighted by molar-refractivity contribution is 5.79. The van der Waals surface area contributed by atoms with Crippen molar-refractivity contribution >= 4 is 11.1 Å². The largest absolute Gasteiger partial charge is 0.494 e. The standard InChI is InChI=1S/C11H11F3N2O2/c1-17-7-3-2-4-8-10(7)16-9(18-8)5-15-6-11(12,13)14/h2-4,15H,5-6H2,1H3. The molecule has 2 rings (SSSR count). The number of aromatic nitrogens is 1. The highest BCUT2D eigenvalue weighted by Crippen LogP contribution is 2.25. The van der Waals surface area contributed by atoms with Crippen molar-refractivity contribution in [3.05, 3.63) is 24.1 Å². The third-order valence-corrected chi connectivity index (χ3v) is 2.25. The van der Waals surface area contributed by atoms with Crippen LogP contribution >= 0.6 is 0 Å². The Balaban J connectivity index is 2.11. The van der Waals surface area contributed by atoms with Crippen molar-refractivity contribution in [1.29, 1.82) is 0 Å². The van der Waals surface area contributed by atoms with Gasteiger partial charge in [-0.25, -0.2) is 4.98 Å². The van der Waals surface area contributed by atoms with Gasteiger partial charge < -0.3 is 14.5 Å². The van der Waals surface area contributed by atoms with Gasteiger partial charge in [0, 0.05) is 0 Å². The fourth-order valence-electron chi connectivity index (χ4n) is 1.52. The molecule has 1 heterocycles. The van der Waals surface area contributed by atoms with E-state index in [1.165, 1.54) is 7.11 Å². The normalized spacial score (nSPS) is 12.0. The number of oxazole rings is 1. The molecular formula is C11H11F3N2O2. The average molecular weight is 260 g/mol. The van der Waals surface area contributed by atoms with Gasteiger partial charge in [0.15, 0.2) is 11.1 Å². The zero-order chi connectivity index (χ0) is 13.2. The maximum atomic E-state index is 11.9. The number of methoxy groups -OCH3 is 1. The Bertz CT molecular complexity index is 537. The minimum Gasteiger partial charge on any atom is -0.494 e. The van der Waals surface area contributed by atoms with Crippen LogP contribution in [0.4, 0.5) is 13.2 Å². The van der Waals surface area contributed by atoms with Crippen LogP contribution in [0.3, 0.4) is 0 Å². The summed E-state index contributed by atoms with van der Waals surface area (Å²) in [6.45, 7) is -1.17. The maximum Gasteiger partial charge on any atom is 0.401 e. The summed E-state index contributed by atoms with van der Waals surface area (Å²) < 4.78 is 46.2. The van der Waals surface area contributed by atoms with E-state index in [-0.39, 0.29) is 12.4 Å². The molecular weight excluding hydrogens is 249 g/mol. The molecule has 0 aliphatic heterocycles. The summed E-state index contributed by atoms with van der Waals surface area (Å²) in [4.78, 5) is 4.08. The van der Waals surface area contributed by atoms with Crippen LogP contribution in [0.5, 0.6) is 5.75 Å². The van der Waals surface area contributed by atoms with Gasteiger partial charge >= 0.3 is 6.18 Å². The Labute approximate surface area is 101 Å². The molecule has 1 aromatic carbocycles. The fourth-order valence-corrected chi connectivity index (χ4v) is 1.52. The second-order valence-electron chi connectivity index (χ2n) is 3.63. The Morgan fingerprint density at radius 1 is 1.39 bits per heavy atom. The van der Waals surface area contributed by atoms with Gasteiger partial charge in [-0.1, -0.05) is 6.07 Å². The van der Waals surface area contributed by atoms with Gasteiger partial charge in [0.25, 0.3) is 0 Å². The maximum absolute atomic E-state index is 11.9. The van der Waals surface area contributed by atoms with Gasteiger partial charge in [0.2, 0.25) is 5.89 Å². The zero-order valence-electron chi connectivity index (χ0n) is 9.54. The van der Waals surface area contributed by atoms with Crippen molar-refractivity contribution in [2.75, 3.05) is 13.7 Å². The molecule has 1 aromatic heterocycles. The number of nitrogens with one attached hydrogen (secondary N) is 1. The van der Waals surface area contributed by atoms with E-state index in [1.54, 1.807) is 18.2 Å². The number of rotatable bonds is 4. The molecule has 0 saturated heterocycles. The molecule has 4 nitrogen and oxygen atoms in total. The Hall–Kier alpha value is -1.76. The van der Waals surface area contributed by atoms with Gasteiger partial charge in [-0.05, 0) is 12.1 Å². The van der Waals surface area contributed by atoms with Gasteiger partial charge in [0.05, 0.1) is 20.2 Å². The minimum absolute atomic E-state index is 0.0860. The third kappa shape index (κ3) is 2.92. The summed E-state index contributed by atoms with van der Waals surface area (Å²) in [5, 5.41) is 2.22. The molecule has 1 N–H and O–H groups in total. The van der Waals surface area contributed by atoms with Gasteiger partial charge in [-0.2, -0.15) is 13.2 Å². The summed E-state index contributed by atoms with van der Waals surface area (Å²) in [6.07, 6.45) is -4.25. The quantitative estimate of drug-likeness (QED) is 0.917. The van der Waals surface area contributed by atoms with Crippen LogP contribution in [0, 0.1) is 0 Å². The summed E-state index contributed by atoms with van der Waals surface area (Å²) in [7, 11) is 1.49. The Morgan fingerprint density at radius 3 is 2.83 bits per heavy atom. The molecule has 18 heavy (non-hydrogen) atoms. The van der Waals surface area contributed by atoms with Gasteiger partial charge in [-0.3, -0.25) is 0 Å². The van der Waals surface area contributed by atoms with Crippen LogP contribution in [-0.2, 0) is 6.54 Å². The summed E-state index contributed by atoms with van der Waals surface area (Å²) >= 11 is 0. The minimum atomic E-state index is -4.25. The lowest BCUT2D eigenvalue weighted by atomic mass is 10.3. The van der Waals surface area contributed by atoms with E-state index in [9.17, 15) is 13.2 Å². The van der Waals surface area contributed by atoms with Gasteiger partial charge in [-0.15, -0.1) is 0 Å². The topological polar surface area (TPSA) is 47.3 Å². The van der Waals surface area contributed by atoms with Crippen LogP contribution in [0.25, 0.3) is 11.1 Å². The lowest BCUT2D eigenvalue weighted by molar-refractivity contribution is -0.125. The number of hydrogen-bond acceptors (Lipinski definition) is 4. The molecule has 0 atom stereocenters. The monoisotopic (exact) mass is 260 g/mol. The third-order valence-electron chi connectivity index (χ3n) is 2.25. The highest BCUT2D eigenvalue weighted by Gasteiger charge is 2.26. The predicted molar refractivity (Wildman–Crippen MR) is 58.3 cm³/mol. The van der Waals surface area contributed by atoms with Crippen molar-refractivity contribution < 1.29 is 22.3 Å². The molecule has 0 bridgehead atoms.